The SMILES string of the molecule is C[C@@H]1CC[C@H]2C(Cn3nncc3CO[C@@]3(C(F)(F)F)O[C@@H]4O[C@@]5(C)CCC6[C@H](C)CC[C@@H]([C@H]3C)[C@]64OO5)=C(C(F)(F)F)O[C@@H]3O[C@@]4(C)CCC1[C@]32OO4. The summed E-state index contributed by atoms with van der Waals surface area (Å²) in [7, 11) is 0. The zero-order chi connectivity index (χ0) is 37.6. The minimum atomic E-state index is -5.06. The lowest BCUT2D eigenvalue weighted by Crippen LogP contribution is -2.75. The van der Waals surface area contributed by atoms with Crippen molar-refractivity contribution in [3.8, 4) is 0 Å². The molecule has 1 aromatic heterocycles. The van der Waals surface area contributed by atoms with Crippen LogP contribution in [0.2, 0.25) is 0 Å². The van der Waals surface area contributed by atoms with E-state index in [1.54, 1.807) is 13.8 Å². The zero-order valence-corrected chi connectivity index (χ0v) is 30.1. The molecule has 9 fully saturated rings. The fourth-order valence-electron chi connectivity index (χ4n) is 11.3. The van der Waals surface area contributed by atoms with Crippen LogP contribution in [0.5, 0.6) is 0 Å². The van der Waals surface area contributed by atoms with E-state index in [2.05, 4.69) is 17.2 Å². The molecule has 296 valence electrons. The largest absolute Gasteiger partial charge is 0.456 e. The topological polar surface area (TPSA) is 114 Å². The number of alkyl halides is 6. The van der Waals surface area contributed by atoms with Crippen LogP contribution < -0.4 is 0 Å². The highest BCUT2D eigenvalue weighted by Crippen LogP contribution is 2.65. The van der Waals surface area contributed by atoms with Crippen molar-refractivity contribution in [2.24, 2.45) is 41.4 Å². The van der Waals surface area contributed by atoms with Crippen LogP contribution in [0.15, 0.2) is 17.5 Å². The summed E-state index contributed by atoms with van der Waals surface area (Å²) in [5, 5.41) is 7.91. The summed E-state index contributed by atoms with van der Waals surface area (Å²) in [5.41, 5.74) is -2.85. The second kappa shape index (κ2) is 11.7. The van der Waals surface area contributed by atoms with E-state index in [4.69, 9.17) is 43.2 Å². The van der Waals surface area contributed by atoms with Gasteiger partial charge < -0.3 is 23.7 Å². The Labute approximate surface area is 301 Å². The van der Waals surface area contributed by atoms with Gasteiger partial charge in [-0.05, 0) is 70.1 Å². The normalized spacial score (nSPS) is 49.2. The summed E-state index contributed by atoms with van der Waals surface area (Å²) in [4.78, 5) is 23.6. The molecule has 10 aliphatic rings. The number of rotatable bonds is 5. The summed E-state index contributed by atoms with van der Waals surface area (Å²) in [6.45, 7) is 7.47. The summed E-state index contributed by atoms with van der Waals surface area (Å²) < 4.78 is 122. The van der Waals surface area contributed by atoms with Crippen LogP contribution in [0.3, 0.4) is 0 Å². The van der Waals surface area contributed by atoms with Crippen molar-refractivity contribution in [2.75, 3.05) is 0 Å². The maximum atomic E-state index is 15.5. The summed E-state index contributed by atoms with van der Waals surface area (Å²) >= 11 is 0. The minimum absolute atomic E-state index is 0.00501. The van der Waals surface area contributed by atoms with E-state index >= 15 is 13.2 Å². The fraction of sp³-hybridized carbons (Fsp3) is 0.886. The van der Waals surface area contributed by atoms with Gasteiger partial charge >= 0.3 is 12.4 Å². The van der Waals surface area contributed by atoms with E-state index in [1.807, 2.05) is 6.92 Å². The number of allylic oxidation sites excluding steroid dienone is 1. The Bertz CT molecular complexity index is 1660. The van der Waals surface area contributed by atoms with Gasteiger partial charge in [-0.1, -0.05) is 26.0 Å². The molecule has 14 atom stereocenters. The Balaban J connectivity index is 1.05. The Morgan fingerprint density at radius 3 is 2.06 bits per heavy atom. The predicted molar refractivity (Wildman–Crippen MR) is 164 cm³/mol. The first-order chi connectivity index (χ1) is 24.9. The van der Waals surface area contributed by atoms with Crippen LogP contribution in [0.25, 0.3) is 0 Å². The molecule has 0 aromatic carbocycles. The summed E-state index contributed by atoms with van der Waals surface area (Å²) in [6, 6.07) is 0. The highest BCUT2D eigenvalue weighted by atomic mass is 19.4. The molecule has 4 bridgehead atoms. The van der Waals surface area contributed by atoms with Gasteiger partial charge in [-0.3, -0.25) is 0 Å². The van der Waals surface area contributed by atoms with Gasteiger partial charge in [0.1, 0.15) is 0 Å². The lowest BCUT2D eigenvalue weighted by molar-refractivity contribution is -0.599. The van der Waals surface area contributed by atoms with Crippen molar-refractivity contribution in [2.45, 2.75) is 153 Å². The van der Waals surface area contributed by atoms with Gasteiger partial charge in [0.15, 0.2) is 17.5 Å². The molecule has 2 saturated carbocycles. The molecule has 11 rings (SSSR count). The van der Waals surface area contributed by atoms with Crippen molar-refractivity contribution in [1.82, 2.24) is 15.0 Å². The van der Waals surface area contributed by atoms with Gasteiger partial charge in [0.2, 0.25) is 23.6 Å². The van der Waals surface area contributed by atoms with Gasteiger partial charge in [0.25, 0.3) is 5.79 Å². The Kier molecular flexibility index (Phi) is 8.10. The molecule has 9 heterocycles. The van der Waals surface area contributed by atoms with Crippen molar-refractivity contribution in [3.63, 3.8) is 0 Å². The second-order valence-corrected chi connectivity index (χ2v) is 17.0. The van der Waals surface area contributed by atoms with Crippen molar-refractivity contribution in [3.05, 3.63) is 23.2 Å². The van der Waals surface area contributed by atoms with Crippen molar-refractivity contribution >= 4 is 0 Å². The first kappa shape index (κ1) is 36.6. The lowest BCUT2D eigenvalue weighted by atomic mass is 9.57. The van der Waals surface area contributed by atoms with Gasteiger partial charge in [-0.25, -0.2) is 24.2 Å². The van der Waals surface area contributed by atoms with E-state index < -0.39 is 90.2 Å². The number of aromatic nitrogens is 3. The van der Waals surface area contributed by atoms with Crippen LogP contribution in [-0.2, 0) is 56.4 Å². The maximum absolute atomic E-state index is 15.5. The Morgan fingerprint density at radius 2 is 1.40 bits per heavy atom. The molecule has 1 aromatic rings. The van der Waals surface area contributed by atoms with Crippen LogP contribution in [0, 0.1) is 41.4 Å². The average molecular weight is 766 g/mol. The third-order valence-electron chi connectivity index (χ3n) is 14.0. The predicted octanol–water partition coefficient (Wildman–Crippen LogP) is 7.00. The zero-order valence-electron chi connectivity index (χ0n) is 30.1. The molecule has 2 unspecified atom stereocenters. The van der Waals surface area contributed by atoms with Gasteiger partial charge in [0, 0.05) is 42.1 Å². The van der Waals surface area contributed by atoms with Crippen molar-refractivity contribution in [1.29, 1.82) is 0 Å². The molecule has 0 radical (unpaired) electrons. The number of nitrogens with zero attached hydrogens (tertiary/aromatic N) is 3. The van der Waals surface area contributed by atoms with Crippen LogP contribution in [0.1, 0.15) is 91.7 Å². The van der Waals surface area contributed by atoms with E-state index in [9.17, 15) is 13.2 Å². The first-order valence-corrected chi connectivity index (χ1v) is 18.7. The molecule has 2 spiro atoms. The summed E-state index contributed by atoms with van der Waals surface area (Å²) in [6.07, 6.45) is -7.72. The first-order valence-electron chi connectivity index (χ1n) is 18.7. The molecule has 7 saturated heterocycles. The molecule has 8 aliphatic heterocycles. The second-order valence-electron chi connectivity index (χ2n) is 17.0. The van der Waals surface area contributed by atoms with Crippen LogP contribution in [-0.4, -0.2) is 68.5 Å². The Hall–Kier alpha value is -2.06. The van der Waals surface area contributed by atoms with Gasteiger partial charge in [0.05, 0.1) is 25.0 Å². The smallest absolute Gasteiger partial charge is 0.449 e. The Morgan fingerprint density at radius 1 is 0.774 bits per heavy atom. The van der Waals surface area contributed by atoms with Crippen molar-refractivity contribution < 1.29 is 69.6 Å². The van der Waals surface area contributed by atoms with E-state index in [-0.39, 0.29) is 34.9 Å². The number of hydrogen-bond acceptors (Lipinski definition) is 11. The molecule has 2 aliphatic carbocycles. The average Bonchev–Trinajstić information content (AvgIpc) is 3.22. The quantitative estimate of drug-likeness (QED) is 0.228. The number of halogens is 6. The number of hydrogen-bond donors (Lipinski definition) is 0. The standard InChI is InChI=1S/C35H45F6N3O9/c1-17-6-8-24-19(3)33(35(39,40)41,49-28-31(24)22(17)10-13-30(5,48-28)51-52-31)45-16-20-14-42-43-44(20)15-21-25-9-7-18(2)23-11-12-29(4)47-27(32(23,25)53-50-29)46-26(21)34(36,37)38/h14,17-19,22-25,27-28H,6-13,15-16H2,1-5H3/t17-,18-,19-,22?,23?,24+,25+,27-,28+,29-,30-,31-,32-,33-/m1/s1. The third kappa shape index (κ3) is 5.11. The van der Waals surface area contributed by atoms with E-state index in [1.165, 1.54) is 13.1 Å². The van der Waals surface area contributed by atoms with Gasteiger partial charge in [-0.2, -0.15) is 26.3 Å². The molecule has 0 N–H and O–H groups in total. The molecule has 0 amide bonds. The molecular weight excluding hydrogens is 720 g/mol. The highest BCUT2D eigenvalue weighted by molar-refractivity contribution is 5.28. The molecule has 18 heteroatoms. The third-order valence-corrected chi connectivity index (χ3v) is 14.0. The van der Waals surface area contributed by atoms with Crippen LogP contribution in [0.4, 0.5) is 26.3 Å². The lowest BCUT2D eigenvalue weighted by Gasteiger charge is -2.62. The highest BCUT2D eigenvalue weighted by Gasteiger charge is 2.77. The maximum Gasteiger partial charge on any atom is 0.449 e. The van der Waals surface area contributed by atoms with E-state index in [0.717, 1.165) is 4.68 Å². The molecule has 12 nitrogen and oxygen atoms in total. The monoisotopic (exact) mass is 765 g/mol. The molecular formula is C35H45F6N3O9. The van der Waals surface area contributed by atoms with Crippen LogP contribution >= 0.6 is 0 Å². The fourth-order valence-corrected chi connectivity index (χ4v) is 11.3. The molecule has 53 heavy (non-hydrogen) atoms. The van der Waals surface area contributed by atoms with Gasteiger partial charge in [-0.15, -0.1) is 5.10 Å². The number of ether oxygens (including phenoxy) is 5. The minimum Gasteiger partial charge on any atom is -0.456 e. The number of fused-ring (bicyclic) bond motifs is 4. The summed E-state index contributed by atoms with van der Waals surface area (Å²) in [5.74, 6) is -10.2. The van der Waals surface area contributed by atoms with E-state index in [0.29, 0.717) is 51.4 Å².